The first kappa shape index (κ1) is 14.6. The summed E-state index contributed by atoms with van der Waals surface area (Å²) in [5, 5.41) is 9.85. The van der Waals surface area contributed by atoms with E-state index in [0.29, 0.717) is 6.04 Å². The molecule has 0 saturated carbocycles. The zero-order valence-corrected chi connectivity index (χ0v) is 12.3. The SMILES string of the molecule is CCCNC(CC(C)CC(C)C)c1csnn1. The summed E-state index contributed by atoms with van der Waals surface area (Å²) in [5.41, 5.74) is 1.11. The molecule has 1 rings (SSSR count). The largest absolute Gasteiger partial charge is 0.309 e. The van der Waals surface area contributed by atoms with Crippen molar-refractivity contribution in [2.75, 3.05) is 6.54 Å². The summed E-state index contributed by atoms with van der Waals surface area (Å²) in [6.07, 6.45) is 3.60. The van der Waals surface area contributed by atoms with E-state index in [1.165, 1.54) is 18.0 Å². The standard InChI is InChI=1S/C13H25N3S/c1-5-6-14-12(13-9-17-16-15-13)8-11(4)7-10(2)3/h9-12,14H,5-8H2,1-4H3. The van der Waals surface area contributed by atoms with Gasteiger partial charge in [-0.3, -0.25) is 0 Å². The Labute approximate surface area is 109 Å². The van der Waals surface area contributed by atoms with Gasteiger partial charge in [0.2, 0.25) is 0 Å². The minimum absolute atomic E-state index is 0.377. The summed E-state index contributed by atoms with van der Waals surface area (Å²) in [4.78, 5) is 0. The van der Waals surface area contributed by atoms with Crippen LogP contribution >= 0.6 is 11.5 Å². The Morgan fingerprint density at radius 3 is 2.59 bits per heavy atom. The molecule has 17 heavy (non-hydrogen) atoms. The fourth-order valence-corrected chi connectivity index (χ4v) is 2.76. The predicted octanol–water partition coefficient (Wildman–Crippen LogP) is 3.65. The van der Waals surface area contributed by atoms with E-state index in [0.717, 1.165) is 36.9 Å². The van der Waals surface area contributed by atoms with Crippen molar-refractivity contribution in [3.8, 4) is 0 Å². The van der Waals surface area contributed by atoms with Gasteiger partial charge in [0.15, 0.2) is 0 Å². The highest BCUT2D eigenvalue weighted by Crippen LogP contribution is 2.24. The van der Waals surface area contributed by atoms with Gasteiger partial charge in [0, 0.05) is 5.38 Å². The van der Waals surface area contributed by atoms with Crippen molar-refractivity contribution in [2.45, 2.75) is 53.0 Å². The van der Waals surface area contributed by atoms with Gasteiger partial charge in [-0.05, 0) is 49.2 Å². The smallest absolute Gasteiger partial charge is 0.0924 e. The summed E-state index contributed by atoms with van der Waals surface area (Å²) in [6, 6.07) is 0.377. The highest BCUT2D eigenvalue weighted by molar-refractivity contribution is 7.03. The Morgan fingerprint density at radius 2 is 2.06 bits per heavy atom. The zero-order chi connectivity index (χ0) is 12.7. The topological polar surface area (TPSA) is 37.8 Å². The molecular formula is C13H25N3S. The van der Waals surface area contributed by atoms with E-state index in [1.807, 2.05) is 0 Å². The van der Waals surface area contributed by atoms with Crippen LogP contribution < -0.4 is 5.32 Å². The Bertz CT molecular complexity index is 285. The summed E-state index contributed by atoms with van der Waals surface area (Å²) in [7, 11) is 0. The monoisotopic (exact) mass is 255 g/mol. The third-order valence-electron chi connectivity index (χ3n) is 2.89. The Morgan fingerprint density at radius 1 is 1.29 bits per heavy atom. The Balaban J connectivity index is 2.51. The molecule has 0 aliphatic carbocycles. The first-order valence-electron chi connectivity index (χ1n) is 6.63. The van der Waals surface area contributed by atoms with Gasteiger partial charge in [-0.2, -0.15) is 0 Å². The van der Waals surface area contributed by atoms with Crippen molar-refractivity contribution in [1.29, 1.82) is 0 Å². The van der Waals surface area contributed by atoms with E-state index in [1.54, 1.807) is 0 Å². The Kier molecular flexibility index (Phi) is 6.66. The van der Waals surface area contributed by atoms with Gasteiger partial charge in [0.1, 0.15) is 0 Å². The maximum absolute atomic E-state index is 4.21. The number of aromatic nitrogens is 2. The average Bonchev–Trinajstić information content (AvgIpc) is 2.76. The second-order valence-electron chi connectivity index (χ2n) is 5.31. The Hall–Kier alpha value is -0.480. The van der Waals surface area contributed by atoms with Crippen LogP contribution in [0.25, 0.3) is 0 Å². The normalized spacial score (nSPS) is 15.1. The van der Waals surface area contributed by atoms with E-state index in [9.17, 15) is 0 Å². The molecule has 0 aliphatic rings. The lowest BCUT2D eigenvalue weighted by molar-refractivity contribution is 0.352. The van der Waals surface area contributed by atoms with E-state index >= 15 is 0 Å². The van der Waals surface area contributed by atoms with E-state index in [2.05, 4.69) is 48.0 Å². The second kappa shape index (κ2) is 7.77. The maximum atomic E-state index is 4.21. The first-order valence-corrected chi connectivity index (χ1v) is 7.47. The van der Waals surface area contributed by atoms with Crippen molar-refractivity contribution in [3.05, 3.63) is 11.1 Å². The first-order chi connectivity index (χ1) is 8.13. The van der Waals surface area contributed by atoms with Crippen LogP contribution in [0.3, 0.4) is 0 Å². The minimum atomic E-state index is 0.377. The quantitative estimate of drug-likeness (QED) is 0.770. The van der Waals surface area contributed by atoms with E-state index < -0.39 is 0 Å². The molecule has 1 aromatic heterocycles. The number of hydrogen-bond donors (Lipinski definition) is 1. The molecule has 2 atom stereocenters. The van der Waals surface area contributed by atoms with Crippen LogP contribution in [0.15, 0.2) is 5.38 Å². The van der Waals surface area contributed by atoms with Crippen molar-refractivity contribution < 1.29 is 0 Å². The molecule has 0 radical (unpaired) electrons. The lowest BCUT2D eigenvalue weighted by atomic mass is 9.92. The summed E-state index contributed by atoms with van der Waals surface area (Å²) in [6.45, 7) is 10.2. The van der Waals surface area contributed by atoms with Gasteiger partial charge < -0.3 is 5.32 Å². The van der Waals surface area contributed by atoms with Crippen molar-refractivity contribution in [2.24, 2.45) is 11.8 Å². The van der Waals surface area contributed by atoms with Crippen LogP contribution in [-0.2, 0) is 0 Å². The van der Waals surface area contributed by atoms with E-state index in [-0.39, 0.29) is 0 Å². The number of hydrogen-bond acceptors (Lipinski definition) is 4. The number of rotatable bonds is 8. The molecule has 4 heteroatoms. The molecular weight excluding hydrogens is 230 g/mol. The number of nitrogens with zero attached hydrogens (tertiary/aromatic N) is 2. The molecule has 3 nitrogen and oxygen atoms in total. The van der Waals surface area contributed by atoms with Crippen LogP contribution in [0, 0.1) is 11.8 Å². The van der Waals surface area contributed by atoms with Crippen LogP contribution in [-0.4, -0.2) is 16.1 Å². The summed E-state index contributed by atoms with van der Waals surface area (Å²) >= 11 is 1.44. The molecule has 0 aliphatic heterocycles. The molecule has 0 aromatic carbocycles. The third-order valence-corrected chi connectivity index (χ3v) is 3.41. The third kappa shape index (κ3) is 5.59. The minimum Gasteiger partial charge on any atom is -0.309 e. The molecule has 0 spiro atoms. The van der Waals surface area contributed by atoms with E-state index in [4.69, 9.17) is 0 Å². The lowest BCUT2D eigenvalue weighted by Crippen LogP contribution is -2.24. The summed E-state index contributed by atoms with van der Waals surface area (Å²) in [5.74, 6) is 1.50. The lowest BCUT2D eigenvalue weighted by Gasteiger charge is -2.21. The molecule has 0 saturated heterocycles. The van der Waals surface area contributed by atoms with Crippen LogP contribution in [0.5, 0.6) is 0 Å². The van der Waals surface area contributed by atoms with Crippen molar-refractivity contribution >= 4 is 11.5 Å². The molecule has 1 N–H and O–H groups in total. The molecule has 1 heterocycles. The average molecular weight is 255 g/mol. The van der Waals surface area contributed by atoms with Crippen LogP contribution in [0.4, 0.5) is 0 Å². The number of nitrogens with one attached hydrogen (secondary N) is 1. The van der Waals surface area contributed by atoms with Gasteiger partial charge in [0.05, 0.1) is 11.7 Å². The fourth-order valence-electron chi connectivity index (χ4n) is 2.25. The van der Waals surface area contributed by atoms with Gasteiger partial charge >= 0.3 is 0 Å². The van der Waals surface area contributed by atoms with Gasteiger partial charge in [0.25, 0.3) is 0 Å². The molecule has 0 bridgehead atoms. The van der Waals surface area contributed by atoms with Crippen molar-refractivity contribution in [1.82, 2.24) is 14.9 Å². The molecule has 0 amide bonds. The van der Waals surface area contributed by atoms with Crippen molar-refractivity contribution in [3.63, 3.8) is 0 Å². The molecule has 0 fully saturated rings. The van der Waals surface area contributed by atoms with Gasteiger partial charge in [-0.15, -0.1) is 5.10 Å². The molecule has 1 aromatic rings. The zero-order valence-electron chi connectivity index (χ0n) is 11.4. The second-order valence-corrected chi connectivity index (χ2v) is 5.92. The fraction of sp³-hybridized carbons (Fsp3) is 0.846. The van der Waals surface area contributed by atoms with Gasteiger partial charge in [-0.1, -0.05) is 32.2 Å². The van der Waals surface area contributed by atoms with Gasteiger partial charge in [-0.25, -0.2) is 0 Å². The summed E-state index contributed by atoms with van der Waals surface area (Å²) < 4.78 is 3.97. The predicted molar refractivity (Wildman–Crippen MR) is 74.2 cm³/mol. The highest BCUT2D eigenvalue weighted by atomic mass is 32.1. The highest BCUT2D eigenvalue weighted by Gasteiger charge is 2.17. The van der Waals surface area contributed by atoms with Crippen LogP contribution in [0.1, 0.15) is 58.7 Å². The molecule has 98 valence electrons. The van der Waals surface area contributed by atoms with Crippen LogP contribution in [0.2, 0.25) is 0 Å². The molecule has 2 unspecified atom stereocenters. The maximum Gasteiger partial charge on any atom is 0.0924 e.